The number of nitrogens with zero attached hydrogens (tertiary/aromatic N) is 3. The van der Waals surface area contributed by atoms with Crippen LogP contribution in [0.25, 0.3) is 10.9 Å². The van der Waals surface area contributed by atoms with Crippen LogP contribution in [0.4, 0.5) is 4.39 Å². The van der Waals surface area contributed by atoms with Gasteiger partial charge < -0.3 is 10.2 Å². The van der Waals surface area contributed by atoms with Crippen LogP contribution in [-0.4, -0.2) is 48.8 Å². The standard InChI is InChI=1S/C25H34FN3O2/c1-14(23-22-19(28(3)27-23)7-6-18(26)21(22)15-4-5-15)8-20(30)29-16-9-24(2)10-17(29)12-25(31,11-16)13-24/h6-7,14-17,20,30-31H,4-5,8-13H2,1-3H3. The Morgan fingerprint density at radius 2 is 1.87 bits per heavy atom. The summed E-state index contributed by atoms with van der Waals surface area (Å²) in [6, 6.07) is 3.91. The lowest BCUT2D eigenvalue weighted by Crippen LogP contribution is -2.69. The smallest absolute Gasteiger partial charge is 0.127 e. The highest BCUT2D eigenvalue weighted by Gasteiger charge is 2.59. The summed E-state index contributed by atoms with van der Waals surface area (Å²) in [4.78, 5) is 2.29. The second kappa shape index (κ2) is 6.52. The Balaban J connectivity index is 1.29. The van der Waals surface area contributed by atoms with E-state index in [1.54, 1.807) is 6.07 Å². The maximum absolute atomic E-state index is 14.8. The van der Waals surface area contributed by atoms with E-state index in [-0.39, 0.29) is 29.2 Å². The van der Waals surface area contributed by atoms with E-state index in [9.17, 15) is 14.6 Å². The summed E-state index contributed by atoms with van der Waals surface area (Å²) in [5.41, 5.74) is 2.37. The number of aryl methyl sites for hydroxylation is 1. The number of halogens is 1. The maximum atomic E-state index is 14.8. The first-order chi connectivity index (χ1) is 14.7. The molecule has 1 aromatic heterocycles. The van der Waals surface area contributed by atoms with Crippen LogP contribution in [-0.2, 0) is 7.05 Å². The molecule has 4 atom stereocenters. The monoisotopic (exact) mass is 427 g/mol. The van der Waals surface area contributed by atoms with Crippen molar-refractivity contribution in [3.63, 3.8) is 0 Å². The van der Waals surface area contributed by atoms with Crippen molar-refractivity contribution in [3.05, 3.63) is 29.2 Å². The van der Waals surface area contributed by atoms with Crippen LogP contribution < -0.4 is 0 Å². The summed E-state index contributed by atoms with van der Waals surface area (Å²) in [5, 5.41) is 28.1. The second-order valence-electron chi connectivity index (χ2n) is 11.5. The molecule has 31 heavy (non-hydrogen) atoms. The Morgan fingerprint density at radius 3 is 2.48 bits per heavy atom. The number of piperidine rings is 2. The zero-order valence-corrected chi connectivity index (χ0v) is 18.8. The van der Waals surface area contributed by atoms with Crippen molar-refractivity contribution in [2.45, 2.75) is 101 Å². The summed E-state index contributed by atoms with van der Waals surface area (Å²) in [6.07, 6.45) is 6.66. The number of benzene rings is 1. The number of aliphatic hydroxyl groups is 2. The second-order valence-corrected chi connectivity index (χ2v) is 11.5. The molecule has 2 N–H and O–H groups in total. The van der Waals surface area contributed by atoms with Gasteiger partial charge in [0.1, 0.15) is 12.0 Å². The Morgan fingerprint density at radius 1 is 1.19 bits per heavy atom. The molecule has 3 saturated carbocycles. The number of hydrogen-bond acceptors (Lipinski definition) is 4. The molecule has 6 heteroatoms. The molecule has 7 rings (SSSR count). The van der Waals surface area contributed by atoms with Crippen LogP contribution in [0.5, 0.6) is 0 Å². The molecule has 0 amide bonds. The predicted octanol–water partition coefficient (Wildman–Crippen LogP) is 4.17. The van der Waals surface area contributed by atoms with E-state index in [0.29, 0.717) is 12.3 Å². The summed E-state index contributed by atoms with van der Waals surface area (Å²) in [7, 11) is 1.92. The van der Waals surface area contributed by atoms with Gasteiger partial charge in [-0.2, -0.15) is 5.10 Å². The molecular weight excluding hydrogens is 393 g/mol. The van der Waals surface area contributed by atoms with E-state index in [1.165, 1.54) is 0 Å². The van der Waals surface area contributed by atoms with Crippen molar-refractivity contribution < 1.29 is 14.6 Å². The topological polar surface area (TPSA) is 61.5 Å². The molecule has 3 aliphatic carbocycles. The van der Waals surface area contributed by atoms with E-state index >= 15 is 0 Å². The van der Waals surface area contributed by atoms with Crippen molar-refractivity contribution in [2.75, 3.05) is 0 Å². The van der Waals surface area contributed by atoms with Crippen LogP contribution in [0.3, 0.4) is 0 Å². The molecular formula is C25H34FN3O2. The number of fused-ring (bicyclic) bond motifs is 1. The Kier molecular flexibility index (Phi) is 4.23. The van der Waals surface area contributed by atoms with Gasteiger partial charge in [-0.25, -0.2) is 4.39 Å². The van der Waals surface area contributed by atoms with Gasteiger partial charge in [-0.15, -0.1) is 0 Å². The van der Waals surface area contributed by atoms with E-state index < -0.39 is 11.8 Å². The van der Waals surface area contributed by atoms with Gasteiger partial charge in [0.05, 0.1) is 16.8 Å². The fourth-order valence-corrected chi connectivity index (χ4v) is 7.67. The van der Waals surface area contributed by atoms with Crippen LogP contribution in [0.15, 0.2) is 12.1 Å². The number of aliphatic hydroxyl groups excluding tert-OH is 1. The average Bonchev–Trinajstić information content (AvgIpc) is 3.42. The molecule has 2 saturated heterocycles. The zero-order valence-electron chi connectivity index (χ0n) is 18.8. The largest absolute Gasteiger partial charge is 0.390 e. The van der Waals surface area contributed by atoms with Crippen LogP contribution in [0, 0.1) is 11.2 Å². The van der Waals surface area contributed by atoms with Gasteiger partial charge in [-0.05, 0) is 74.8 Å². The third kappa shape index (κ3) is 3.09. The molecule has 1 aromatic carbocycles. The minimum Gasteiger partial charge on any atom is -0.390 e. The van der Waals surface area contributed by atoms with Crippen LogP contribution >= 0.6 is 0 Å². The molecule has 5 fully saturated rings. The van der Waals surface area contributed by atoms with E-state index in [4.69, 9.17) is 5.10 Å². The molecule has 2 aromatic rings. The highest BCUT2D eigenvalue weighted by molar-refractivity contribution is 5.87. The molecule has 168 valence electrons. The molecule has 4 unspecified atom stereocenters. The molecule has 0 radical (unpaired) electrons. The third-order valence-electron chi connectivity index (χ3n) is 8.68. The van der Waals surface area contributed by atoms with Crippen molar-refractivity contribution in [1.29, 1.82) is 0 Å². The summed E-state index contributed by atoms with van der Waals surface area (Å²) < 4.78 is 16.6. The van der Waals surface area contributed by atoms with Gasteiger partial charge in [0.25, 0.3) is 0 Å². The first kappa shape index (κ1) is 20.1. The number of aromatic nitrogens is 2. The average molecular weight is 428 g/mol. The number of hydrogen-bond donors (Lipinski definition) is 2. The van der Waals surface area contributed by atoms with Crippen molar-refractivity contribution in [2.24, 2.45) is 12.5 Å². The summed E-state index contributed by atoms with van der Waals surface area (Å²) >= 11 is 0. The molecule has 5 nitrogen and oxygen atoms in total. The van der Waals surface area contributed by atoms with Gasteiger partial charge in [0, 0.05) is 36.0 Å². The third-order valence-corrected chi connectivity index (χ3v) is 8.68. The first-order valence-electron chi connectivity index (χ1n) is 12.0. The lowest BCUT2D eigenvalue weighted by molar-refractivity contribution is -0.221. The molecule has 3 heterocycles. The Hall–Kier alpha value is -1.50. The van der Waals surface area contributed by atoms with Crippen LogP contribution in [0.2, 0.25) is 0 Å². The fraction of sp³-hybridized carbons (Fsp3) is 0.720. The van der Waals surface area contributed by atoms with Gasteiger partial charge >= 0.3 is 0 Å². The Labute approximate surface area is 183 Å². The van der Waals surface area contributed by atoms with Gasteiger partial charge in [-0.3, -0.25) is 9.58 Å². The minimum atomic E-state index is -0.563. The molecule has 0 spiro atoms. The Bertz CT molecular complexity index is 1010. The SMILES string of the molecule is CC(CC(O)N1C2CC3(C)CC1CC(O)(C2)C3)c1nn(C)c2ccc(F)c(C3CC3)c12. The first-order valence-corrected chi connectivity index (χ1v) is 12.0. The fourth-order valence-electron chi connectivity index (χ4n) is 7.67. The molecule has 5 aliphatic rings. The zero-order chi connectivity index (χ0) is 21.7. The summed E-state index contributed by atoms with van der Waals surface area (Å²) in [6.45, 7) is 4.41. The van der Waals surface area contributed by atoms with Crippen molar-refractivity contribution in [1.82, 2.24) is 14.7 Å². The van der Waals surface area contributed by atoms with Crippen molar-refractivity contribution in [3.8, 4) is 0 Å². The normalized spacial score (nSPS) is 37.0. The highest BCUT2D eigenvalue weighted by atomic mass is 19.1. The minimum absolute atomic E-state index is 0.0221. The van der Waals surface area contributed by atoms with E-state index in [1.807, 2.05) is 17.8 Å². The molecule has 4 bridgehead atoms. The van der Waals surface area contributed by atoms with Gasteiger partial charge in [0.2, 0.25) is 0 Å². The number of rotatable bonds is 5. The quantitative estimate of drug-likeness (QED) is 0.752. The lowest BCUT2D eigenvalue weighted by atomic mass is 9.54. The lowest BCUT2D eigenvalue weighted by Gasteiger charge is -2.64. The van der Waals surface area contributed by atoms with Gasteiger partial charge in [-0.1, -0.05) is 13.8 Å². The van der Waals surface area contributed by atoms with E-state index in [2.05, 4.69) is 18.7 Å². The molecule has 2 aliphatic heterocycles. The highest BCUT2D eigenvalue weighted by Crippen LogP contribution is 2.58. The van der Waals surface area contributed by atoms with E-state index in [0.717, 1.165) is 67.1 Å². The summed E-state index contributed by atoms with van der Waals surface area (Å²) in [5.74, 6) is 0.204. The predicted molar refractivity (Wildman–Crippen MR) is 117 cm³/mol. The van der Waals surface area contributed by atoms with Crippen LogP contribution in [0.1, 0.15) is 88.3 Å². The van der Waals surface area contributed by atoms with Crippen molar-refractivity contribution >= 4 is 10.9 Å². The van der Waals surface area contributed by atoms with Gasteiger partial charge in [0.15, 0.2) is 0 Å². The maximum Gasteiger partial charge on any atom is 0.127 e.